The lowest BCUT2D eigenvalue weighted by Gasteiger charge is -2.43. The molecule has 0 heterocycles. The summed E-state index contributed by atoms with van der Waals surface area (Å²) >= 11 is 0. The minimum atomic E-state index is -7.24. The average molecular weight is 494 g/mol. The molecule has 2 unspecified atom stereocenters. The molecule has 0 fully saturated rings. The first-order valence-corrected chi connectivity index (χ1v) is 7.01. The molecule has 4 nitrogen and oxygen atoms in total. The molecule has 0 aliphatic carbocycles. The van der Waals surface area contributed by atoms with E-state index in [0.29, 0.717) is 0 Å². The molecule has 0 amide bonds. The molecule has 0 aliphatic heterocycles. The van der Waals surface area contributed by atoms with Gasteiger partial charge >= 0.3 is 48.5 Å². The van der Waals surface area contributed by atoms with Crippen LogP contribution in [0.3, 0.4) is 0 Å². The molecule has 2 atom stereocenters. The average Bonchev–Trinajstić information content (AvgIpc) is 2.60. The molecule has 0 saturated carbocycles. The van der Waals surface area contributed by atoms with Gasteiger partial charge in [-0.2, -0.15) is 35.1 Å². The summed E-state index contributed by atoms with van der Waals surface area (Å²) in [7, 11) is 0. The Morgan fingerprint density at radius 1 is 0.613 bits per heavy atom. The van der Waals surface area contributed by atoms with Crippen molar-refractivity contribution >= 4 is 11.9 Å². The molecule has 0 rings (SSSR count). The highest BCUT2D eigenvalue weighted by atomic mass is 19.4. The van der Waals surface area contributed by atoms with E-state index >= 15 is 0 Å². The Balaban J connectivity index is 7.34. The predicted octanol–water partition coefficient (Wildman–Crippen LogP) is 4.45. The Hall–Kier alpha value is -2.30. The highest BCUT2D eigenvalue weighted by Crippen LogP contribution is 2.57. The van der Waals surface area contributed by atoms with Crippen LogP contribution in [0.1, 0.15) is 0 Å². The van der Waals surface area contributed by atoms with Gasteiger partial charge in [-0.3, -0.25) is 4.79 Å². The van der Waals surface area contributed by atoms with Crippen LogP contribution in [-0.2, 0) is 9.59 Å². The Morgan fingerprint density at radius 2 is 0.871 bits per heavy atom. The molecule has 0 bridgehead atoms. The summed E-state index contributed by atoms with van der Waals surface area (Å²) in [5, 5.41) is 17.3. The van der Waals surface area contributed by atoms with Crippen LogP contribution in [0.4, 0.5) is 61.5 Å². The SMILES string of the molecule is C=C(C(=O)O)C(C(=O)O)(C(F)C(F)(F)C(F)(F)C(F)F)C(F)C(F)(F)C(F)(F)C(F)F. The zero-order valence-electron chi connectivity index (χ0n) is 14.0. The van der Waals surface area contributed by atoms with Crippen molar-refractivity contribution in [3.8, 4) is 0 Å². The van der Waals surface area contributed by atoms with Crippen LogP contribution in [-0.4, -0.2) is 71.0 Å². The van der Waals surface area contributed by atoms with E-state index in [1.54, 1.807) is 0 Å². The van der Waals surface area contributed by atoms with E-state index in [4.69, 9.17) is 10.2 Å². The van der Waals surface area contributed by atoms with Crippen molar-refractivity contribution in [1.82, 2.24) is 0 Å². The van der Waals surface area contributed by atoms with Gasteiger partial charge in [0.1, 0.15) is 0 Å². The van der Waals surface area contributed by atoms with Crippen molar-refractivity contribution in [2.45, 2.75) is 48.9 Å². The number of carboxylic acids is 2. The highest BCUT2D eigenvalue weighted by molar-refractivity contribution is 5.97. The fourth-order valence-corrected chi connectivity index (χ4v) is 2.16. The van der Waals surface area contributed by atoms with Crippen LogP contribution in [0.25, 0.3) is 0 Å². The maximum Gasteiger partial charge on any atom is 0.372 e. The van der Waals surface area contributed by atoms with Crippen molar-refractivity contribution in [2.24, 2.45) is 5.41 Å². The Bertz CT molecular complexity index is 681. The molecule has 0 spiro atoms. The maximum absolute atomic E-state index is 14.3. The number of halogens is 14. The first kappa shape index (κ1) is 28.7. The number of rotatable bonds is 11. The summed E-state index contributed by atoms with van der Waals surface area (Å²) in [6, 6.07) is 0. The van der Waals surface area contributed by atoms with Crippen LogP contribution >= 0.6 is 0 Å². The van der Waals surface area contributed by atoms with Crippen LogP contribution < -0.4 is 0 Å². The lowest BCUT2D eigenvalue weighted by molar-refractivity contribution is -0.322. The topological polar surface area (TPSA) is 74.6 Å². The van der Waals surface area contributed by atoms with Crippen molar-refractivity contribution in [3.63, 3.8) is 0 Å². The standard InChI is InChI=1S/C13H8F14O4/c1-2(3(28)29)9(8(30)31,4(14)10(20,21)12(24,25)6(16)17)5(15)11(22,23)13(26,27)7(18)19/h4-7H,1H2,(H,28,29)(H,30,31). The molecule has 2 N–H and O–H groups in total. The molecular weight excluding hydrogens is 486 g/mol. The van der Waals surface area contributed by atoms with E-state index in [-0.39, 0.29) is 0 Å². The van der Waals surface area contributed by atoms with Crippen molar-refractivity contribution in [2.75, 3.05) is 0 Å². The third-order valence-electron chi connectivity index (χ3n) is 3.98. The van der Waals surface area contributed by atoms with Crippen LogP contribution in [0.5, 0.6) is 0 Å². The maximum atomic E-state index is 14.3. The molecule has 0 aromatic rings. The monoisotopic (exact) mass is 494 g/mol. The molecular formula is C13H8F14O4. The van der Waals surface area contributed by atoms with Gasteiger partial charge < -0.3 is 10.2 Å². The lowest BCUT2D eigenvalue weighted by Crippen LogP contribution is -2.68. The second kappa shape index (κ2) is 8.33. The van der Waals surface area contributed by atoms with Crippen molar-refractivity contribution in [1.29, 1.82) is 0 Å². The van der Waals surface area contributed by atoms with Crippen molar-refractivity contribution < 1.29 is 81.3 Å². The summed E-state index contributed by atoms with van der Waals surface area (Å²) in [5.41, 5.74) is -9.18. The molecule has 18 heteroatoms. The number of carbonyl (C=O) groups is 2. The lowest BCUT2D eigenvalue weighted by atomic mass is 9.67. The Kier molecular flexibility index (Phi) is 7.71. The van der Waals surface area contributed by atoms with Gasteiger partial charge in [0, 0.05) is 0 Å². The Morgan fingerprint density at radius 3 is 1.03 bits per heavy atom. The van der Waals surface area contributed by atoms with Crippen molar-refractivity contribution in [3.05, 3.63) is 12.2 Å². The minimum absolute atomic E-state index is 1.88. The summed E-state index contributed by atoms with van der Waals surface area (Å²) < 4.78 is 184. The van der Waals surface area contributed by atoms with E-state index < -0.39 is 71.8 Å². The molecule has 182 valence electrons. The van der Waals surface area contributed by atoms with E-state index in [9.17, 15) is 71.1 Å². The van der Waals surface area contributed by atoms with E-state index in [2.05, 4.69) is 0 Å². The largest absolute Gasteiger partial charge is 0.480 e. The van der Waals surface area contributed by atoms with E-state index in [1.165, 1.54) is 0 Å². The van der Waals surface area contributed by atoms with Gasteiger partial charge in [-0.05, 0) is 0 Å². The van der Waals surface area contributed by atoms with E-state index in [1.807, 2.05) is 6.58 Å². The first-order chi connectivity index (χ1) is 13.5. The number of aliphatic carboxylic acids is 2. The molecule has 31 heavy (non-hydrogen) atoms. The van der Waals surface area contributed by atoms with Crippen LogP contribution in [0, 0.1) is 5.41 Å². The quantitative estimate of drug-likeness (QED) is 0.329. The zero-order valence-corrected chi connectivity index (χ0v) is 14.0. The third-order valence-corrected chi connectivity index (χ3v) is 3.98. The first-order valence-electron chi connectivity index (χ1n) is 7.01. The summed E-state index contributed by atoms with van der Waals surface area (Å²) in [4.78, 5) is 22.0. The van der Waals surface area contributed by atoms with Gasteiger partial charge in [0.15, 0.2) is 17.8 Å². The van der Waals surface area contributed by atoms with Gasteiger partial charge in [0.05, 0.1) is 5.57 Å². The summed E-state index contributed by atoms with van der Waals surface area (Å²) in [6.45, 7) is 1.88. The predicted molar refractivity (Wildman–Crippen MR) is 68.4 cm³/mol. The number of carboxylic acid groups (broad SMARTS) is 2. The molecule has 0 aromatic heterocycles. The fraction of sp³-hybridized carbons (Fsp3) is 0.692. The van der Waals surface area contributed by atoms with Gasteiger partial charge in [-0.25, -0.2) is 31.1 Å². The minimum Gasteiger partial charge on any atom is -0.480 e. The van der Waals surface area contributed by atoms with Gasteiger partial charge in [-0.15, -0.1) is 0 Å². The van der Waals surface area contributed by atoms with Crippen LogP contribution in [0.2, 0.25) is 0 Å². The number of hydrogen-bond donors (Lipinski definition) is 2. The smallest absolute Gasteiger partial charge is 0.372 e. The highest BCUT2D eigenvalue weighted by Gasteiger charge is 2.81. The zero-order chi connectivity index (χ0) is 25.5. The fourth-order valence-electron chi connectivity index (χ4n) is 2.16. The molecule has 0 radical (unpaired) electrons. The molecule has 0 aromatic carbocycles. The second-order valence-corrected chi connectivity index (χ2v) is 5.78. The van der Waals surface area contributed by atoms with Gasteiger partial charge in [0.2, 0.25) is 0 Å². The molecule has 0 saturated heterocycles. The molecule has 0 aliphatic rings. The number of alkyl halides is 14. The summed E-state index contributed by atoms with van der Waals surface area (Å²) in [5.74, 6) is -35.7. The normalized spacial score (nSPS) is 17.9. The van der Waals surface area contributed by atoms with Gasteiger partial charge in [0.25, 0.3) is 0 Å². The Labute approximate surface area is 161 Å². The van der Waals surface area contributed by atoms with E-state index in [0.717, 1.165) is 0 Å². The van der Waals surface area contributed by atoms with Gasteiger partial charge in [-0.1, -0.05) is 6.58 Å². The van der Waals surface area contributed by atoms with Crippen LogP contribution in [0.15, 0.2) is 12.2 Å². The third kappa shape index (κ3) is 3.99. The second-order valence-electron chi connectivity index (χ2n) is 5.78. The number of hydrogen-bond acceptors (Lipinski definition) is 2. The summed E-state index contributed by atoms with van der Waals surface area (Å²) in [6.07, 6.45) is -23.2.